The molecule has 1 N–H and O–H groups in total. The van der Waals surface area contributed by atoms with Crippen LogP contribution in [0.15, 0.2) is 48.5 Å². The third kappa shape index (κ3) is 4.77. The van der Waals surface area contributed by atoms with E-state index in [0.717, 1.165) is 47.8 Å². The highest BCUT2D eigenvalue weighted by Crippen LogP contribution is 2.28. The molecular weight excluding hydrogens is 392 g/mol. The Balaban J connectivity index is 1.42. The summed E-state index contributed by atoms with van der Waals surface area (Å²) in [5.41, 5.74) is 2.57. The first-order valence-electron chi connectivity index (χ1n) is 10.4. The molecule has 7 nitrogen and oxygen atoms in total. The summed E-state index contributed by atoms with van der Waals surface area (Å²) in [6.45, 7) is 0.955. The molecule has 1 aliphatic rings. The number of carbonyl (C=O) groups excluding carboxylic acids is 1. The van der Waals surface area contributed by atoms with E-state index in [2.05, 4.69) is 20.1 Å². The van der Waals surface area contributed by atoms with Crippen LogP contribution >= 0.6 is 0 Å². The Morgan fingerprint density at radius 1 is 1.00 bits per heavy atom. The highest BCUT2D eigenvalue weighted by Gasteiger charge is 2.15. The lowest BCUT2D eigenvalue weighted by Gasteiger charge is -2.08. The van der Waals surface area contributed by atoms with Crippen molar-refractivity contribution in [3.63, 3.8) is 0 Å². The summed E-state index contributed by atoms with van der Waals surface area (Å²) in [5.74, 6) is 3.01. The molecule has 1 aliphatic heterocycles. The lowest BCUT2D eigenvalue weighted by Crippen LogP contribution is -2.07. The monoisotopic (exact) mass is 418 g/mol. The minimum atomic E-state index is -0.209. The quantitative estimate of drug-likeness (QED) is 0.603. The largest absolute Gasteiger partial charge is 0.493 e. The first kappa shape index (κ1) is 20.7. The zero-order valence-electron chi connectivity index (χ0n) is 17.8. The van der Waals surface area contributed by atoms with Gasteiger partial charge >= 0.3 is 0 Å². The van der Waals surface area contributed by atoms with Crippen molar-refractivity contribution in [2.45, 2.75) is 32.2 Å². The number of nitrogens with zero attached hydrogens (tertiary/aromatic N) is 3. The number of hydrogen-bond acceptors (Lipinski definition) is 5. The molecular formula is C24H26N4O3. The zero-order valence-corrected chi connectivity index (χ0v) is 17.8. The number of rotatable bonds is 6. The van der Waals surface area contributed by atoms with Gasteiger partial charge in [-0.15, -0.1) is 10.2 Å². The van der Waals surface area contributed by atoms with Gasteiger partial charge in [-0.1, -0.05) is 12.5 Å². The molecule has 1 amide bonds. The van der Waals surface area contributed by atoms with Gasteiger partial charge in [-0.3, -0.25) is 4.79 Å². The Bertz CT molecular complexity index is 1090. The first-order valence-corrected chi connectivity index (χ1v) is 10.4. The van der Waals surface area contributed by atoms with Gasteiger partial charge in [-0.2, -0.15) is 0 Å². The van der Waals surface area contributed by atoms with E-state index >= 15 is 0 Å². The minimum absolute atomic E-state index is 0.209. The molecule has 160 valence electrons. The van der Waals surface area contributed by atoms with Crippen molar-refractivity contribution in [1.29, 1.82) is 0 Å². The highest BCUT2D eigenvalue weighted by molar-refractivity contribution is 6.02. The molecule has 0 bridgehead atoms. The van der Waals surface area contributed by atoms with Crippen LogP contribution in [0.1, 0.15) is 30.7 Å². The number of ether oxygens (including phenoxy) is 2. The van der Waals surface area contributed by atoms with Gasteiger partial charge in [0.1, 0.15) is 5.82 Å². The molecule has 7 heteroatoms. The average Bonchev–Trinajstić information content (AvgIpc) is 3.05. The van der Waals surface area contributed by atoms with Gasteiger partial charge in [0.15, 0.2) is 17.3 Å². The van der Waals surface area contributed by atoms with Gasteiger partial charge in [0, 0.05) is 30.3 Å². The summed E-state index contributed by atoms with van der Waals surface area (Å²) in [5, 5.41) is 11.6. The smallest absolute Gasteiger partial charge is 0.248 e. The number of aryl methyl sites for hydroxylation is 1. The van der Waals surface area contributed by atoms with Gasteiger partial charge in [-0.25, -0.2) is 0 Å². The fourth-order valence-corrected chi connectivity index (χ4v) is 3.71. The lowest BCUT2D eigenvalue weighted by molar-refractivity contribution is -0.111. The van der Waals surface area contributed by atoms with Crippen molar-refractivity contribution in [3.05, 3.63) is 59.9 Å². The number of benzene rings is 2. The summed E-state index contributed by atoms with van der Waals surface area (Å²) < 4.78 is 12.7. The number of fused-ring (bicyclic) bond motifs is 1. The van der Waals surface area contributed by atoms with Crippen LogP contribution in [0.25, 0.3) is 17.5 Å². The molecule has 0 spiro atoms. The Morgan fingerprint density at radius 3 is 2.58 bits per heavy atom. The molecule has 0 atom stereocenters. The van der Waals surface area contributed by atoms with Crippen LogP contribution in [0.4, 0.5) is 5.69 Å². The summed E-state index contributed by atoms with van der Waals surface area (Å²) in [4.78, 5) is 12.3. The number of amides is 1. The Kier molecular flexibility index (Phi) is 6.31. The zero-order chi connectivity index (χ0) is 21.6. The molecule has 0 saturated carbocycles. The van der Waals surface area contributed by atoms with Crippen molar-refractivity contribution in [2.75, 3.05) is 19.5 Å². The topological polar surface area (TPSA) is 78.3 Å². The van der Waals surface area contributed by atoms with Gasteiger partial charge in [0.2, 0.25) is 5.91 Å². The fourth-order valence-electron chi connectivity index (χ4n) is 3.71. The fraction of sp³-hybridized carbons (Fsp3) is 0.292. The molecule has 0 radical (unpaired) electrons. The first-order chi connectivity index (χ1) is 15.2. The number of methoxy groups -OCH3 is 2. The van der Waals surface area contributed by atoms with Crippen molar-refractivity contribution in [3.8, 4) is 22.9 Å². The van der Waals surface area contributed by atoms with E-state index in [0.29, 0.717) is 11.5 Å². The SMILES string of the molecule is COc1ccc(/C=C/C(=O)Nc2ccc(-c3nnc4n3CCCCC4)cc2)cc1OC. The number of anilines is 1. The van der Waals surface area contributed by atoms with Gasteiger partial charge in [0.25, 0.3) is 0 Å². The van der Waals surface area contributed by atoms with Crippen LogP contribution in [-0.2, 0) is 17.8 Å². The van der Waals surface area contributed by atoms with Gasteiger partial charge in [-0.05, 0) is 60.9 Å². The van der Waals surface area contributed by atoms with Crippen LogP contribution in [0.5, 0.6) is 11.5 Å². The van der Waals surface area contributed by atoms with Crippen LogP contribution in [-0.4, -0.2) is 34.9 Å². The Labute approximate surface area is 181 Å². The second-order valence-corrected chi connectivity index (χ2v) is 7.42. The summed E-state index contributed by atoms with van der Waals surface area (Å²) in [7, 11) is 3.17. The van der Waals surface area contributed by atoms with Crippen molar-refractivity contribution < 1.29 is 14.3 Å². The average molecular weight is 418 g/mol. The van der Waals surface area contributed by atoms with E-state index in [4.69, 9.17) is 9.47 Å². The maximum atomic E-state index is 12.3. The van der Waals surface area contributed by atoms with Crippen LogP contribution in [0.2, 0.25) is 0 Å². The van der Waals surface area contributed by atoms with E-state index in [-0.39, 0.29) is 5.91 Å². The summed E-state index contributed by atoms with van der Waals surface area (Å²) in [6, 6.07) is 13.2. The lowest BCUT2D eigenvalue weighted by atomic mass is 10.1. The molecule has 4 rings (SSSR count). The van der Waals surface area contributed by atoms with E-state index in [1.54, 1.807) is 26.4 Å². The van der Waals surface area contributed by atoms with E-state index in [1.165, 1.54) is 18.9 Å². The maximum absolute atomic E-state index is 12.3. The van der Waals surface area contributed by atoms with Gasteiger partial charge < -0.3 is 19.4 Å². The summed E-state index contributed by atoms with van der Waals surface area (Å²) >= 11 is 0. The number of carbonyl (C=O) groups is 1. The Morgan fingerprint density at radius 2 is 1.81 bits per heavy atom. The van der Waals surface area contributed by atoms with Crippen LogP contribution in [0.3, 0.4) is 0 Å². The third-order valence-corrected chi connectivity index (χ3v) is 5.35. The molecule has 1 aromatic heterocycles. The minimum Gasteiger partial charge on any atom is -0.493 e. The number of aromatic nitrogens is 3. The predicted octanol–water partition coefficient (Wildman–Crippen LogP) is 4.34. The standard InChI is InChI=1S/C24H26N4O3/c1-30-20-13-7-17(16-21(20)31-2)8-14-23(29)25-19-11-9-18(10-12-19)24-27-26-22-6-4-3-5-15-28(22)24/h7-14,16H,3-6,15H2,1-2H3,(H,25,29)/b14-8+. The van der Waals surface area contributed by atoms with Crippen LogP contribution in [0, 0.1) is 0 Å². The second kappa shape index (κ2) is 9.47. The molecule has 0 unspecified atom stereocenters. The van der Waals surface area contributed by atoms with Crippen molar-refractivity contribution in [2.24, 2.45) is 0 Å². The molecule has 0 aliphatic carbocycles. The third-order valence-electron chi connectivity index (χ3n) is 5.35. The molecule has 0 fully saturated rings. The molecule has 31 heavy (non-hydrogen) atoms. The predicted molar refractivity (Wildman–Crippen MR) is 120 cm³/mol. The maximum Gasteiger partial charge on any atom is 0.248 e. The van der Waals surface area contributed by atoms with Crippen LogP contribution < -0.4 is 14.8 Å². The normalized spacial score (nSPS) is 13.5. The van der Waals surface area contributed by atoms with E-state index in [1.807, 2.05) is 36.4 Å². The molecule has 2 aromatic carbocycles. The number of nitrogens with one attached hydrogen (secondary N) is 1. The summed E-state index contributed by atoms with van der Waals surface area (Å²) in [6.07, 6.45) is 7.75. The van der Waals surface area contributed by atoms with Crippen molar-refractivity contribution in [1.82, 2.24) is 14.8 Å². The highest BCUT2D eigenvalue weighted by atomic mass is 16.5. The van der Waals surface area contributed by atoms with E-state index < -0.39 is 0 Å². The molecule has 2 heterocycles. The van der Waals surface area contributed by atoms with Gasteiger partial charge in [0.05, 0.1) is 14.2 Å². The Hall–Kier alpha value is -3.61. The van der Waals surface area contributed by atoms with Crippen molar-refractivity contribution >= 4 is 17.7 Å². The van der Waals surface area contributed by atoms with E-state index in [9.17, 15) is 4.79 Å². The second-order valence-electron chi connectivity index (χ2n) is 7.42. The number of hydrogen-bond donors (Lipinski definition) is 1. The molecule has 0 saturated heterocycles. The molecule has 3 aromatic rings.